The Morgan fingerprint density at radius 3 is 2.50 bits per heavy atom. The molecule has 0 unspecified atom stereocenters. The molecule has 18 heavy (non-hydrogen) atoms. The molecule has 3 heteroatoms. The maximum atomic E-state index is 14.0. The van der Waals surface area contributed by atoms with E-state index in [1.807, 2.05) is 25.1 Å². The summed E-state index contributed by atoms with van der Waals surface area (Å²) in [6.07, 6.45) is 0. The lowest BCUT2D eigenvalue weighted by atomic mass is 9.97. The molecule has 2 nitrogen and oxygen atoms in total. The molecule has 0 fully saturated rings. The zero-order valence-electron chi connectivity index (χ0n) is 10.5. The second kappa shape index (κ2) is 5.19. The highest BCUT2D eigenvalue weighted by Gasteiger charge is 2.09. The fourth-order valence-electron chi connectivity index (χ4n) is 1.93. The lowest BCUT2D eigenvalue weighted by Gasteiger charge is -2.10. The van der Waals surface area contributed by atoms with Gasteiger partial charge in [-0.2, -0.15) is 0 Å². The molecule has 0 aliphatic heterocycles. The predicted octanol–water partition coefficient (Wildman–Crippen LogP) is 3.27. The van der Waals surface area contributed by atoms with Gasteiger partial charge in [0.1, 0.15) is 11.6 Å². The predicted molar refractivity (Wildman–Crippen MR) is 71.0 cm³/mol. The van der Waals surface area contributed by atoms with Crippen LogP contribution in [0.25, 0.3) is 11.1 Å². The Labute approximate surface area is 106 Å². The van der Waals surface area contributed by atoms with Crippen LogP contribution in [0.4, 0.5) is 4.39 Å². The molecule has 0 saturated carbocycles. The molecule has 2 N–H and O–H groups in total. The van der Waals surface area contributed by atoms with E-state index in [1.54, 1.807) is 12.1 Å². The van der Waals surface area contributed by atoms with Crippen molar-refractivity contribution in [2.45, 2.75) is 13.5 Å². The van der Waals surface area contributed by atoms with Gasteiger partial charge in [0.2, 0.25) is 0 Å². The smallest absolute Gasteiger partial charge is 0.134 e. The van der Waals surface area contributed by atoms with Crippen molar-refractivity contribution in [3.63, 3.8) is 0 Å². The van der Waals surface area contributed by atoms with Crippen LogP contribution >= 0.6 is 0 Å². The van der Waals surface area contributed by atoms with Gasteiger partial charge < -0.3 is 10.5 Å². The van der Waals surface area contributed by atoms with Crippen LogP contribution in [0.1, 0.15) is 11.1 Å². The highest BCUT2D eigenvalue weighted by molar-refractivity contribution is 5.69. The van der Waals surface area contributed by atoms with E-state index in [4.69, 9.17) is 10.5 Å². The molecule has 2 aromatic carbocycles. The SMILES string of the molecule is COc1ccc(-c2cc(CN)ccc2C)c(F)c1. The van der Waals surface area contributed by atoms with Crippen molar-refractivity contribution >= 4 is 0 Å². The number of rotatable bonds is 3. The van der Waals surface area contributed by atoms with Crippen molar-refractivity contribution in [3.05, 3.63) is 53.3 Å². The number of hydrogen-bond donors (Lipinski definition) is 1. The summed E-state index contributed by atoms with van der Waals surface area (Å²) in [5.41, 5.74) is 9.08. The van der Waals surface area contributed by atoms with Gasteiger partial charge in [0, 0.05) is 18.2 Å². The number of nitrogens with two attached hydrogens (primary N) is 1. The van der Waals surface area contributed by atoms with Gasteiger partial charge in [0.15, 0.2) is 0 Å². The molecule has 94 valence electrons. The molecule has 0 saturated heterocycles. The monoisotopic (exact) mass is 245 g/mol. The first-order valence-corrected chi connectivity index (χ1v) is 5.79. The minimum atomic E-state index is -0.286. The Morgan fingerprint density at radius 1 is 1.11 bits per heavy atom. The van der Waals surface area contributed by atoms with Crippen LogP contribution in [-0.2, 0) is 6.54 Å². The standard InChI is InChI=1S/C15H16FNO/c1-10-3-4-11(9-17)7-14(10)13-6-5-12(18-2)8-15(13)16/h3-8H,9,17H2,1-2H3. The Hall–Kier alpha value is -1.87. The van der Waals surface area contributed by atoms with Gasteiger partial charge in [0.05, 0.1) is 7.11 Å². The van der Waals surface area contributed by atoms with E-state index in [9.17, 15) is 4.39 Å². The normalized spacial score (nSPS) is 10.4. The summed E-state index contributed by atoms with van der Waals surface area (Å²) in [6.45, 7) is 2.41. The third-order valence-electron chi connectivity index (χ3n) is 3.00. The molecule has 0 heterocycles. The number of halogens is 1. The Bertz CT molecular complexity index is 566. The molecule has 2 rings (SSSR count). The first kappa shape index (κ1) is 12.6. The topological polar surface area (TPSA) is 35.2 Å². The summed E-state index contributed by atoms with van der Waals surface area (Å²) in [6, 6.07) is 10.7. The van der Waals surface area contributed by atoms with Gasteiger partial charge in [-0.25, -0.2) is 4.39 Å². The average molecular weight is 245 g/mol. The van der Waals surface area contributed by atoms with Crippen LogP contribution in [0.5, 0.6) is 5.75 Å². The largest absolute Gasteiger partial charge is 0.497 e. The fourth-order valence-corrected chi connectivity index (χ4v) is 1.93. The molecule has 0 amide bonds. The molecule has 0 bridgehead atoms. The first-order valence-electron chi connectivity index (χ1n) is 5.79. The lowest BCUT2D eigenvalue weighted by molar-refractivity contribution is 0.411. The van der Waals surface area contributed by atoms with Crippen LogP contribution < -0.4 is 10.5 Å². The van der Waals surface area contributed by atoms with Crippen molar-refractivity contribution in [3.8, 4) is 16.9 Å². The van der Waals surface area contributed by atoms with Crippen LogP contribution in [0, 0.1) is 12.7 Å². The van der Waals surface area contributed by atoms with Crippen molar-refractivity contribution in [2.75, 3.05) is 7.11 Å². The number of aryl methyl sites for hydroxylation is 1. The van der Waals surface area contributed by atoms with E-state index in [2.05, 4.69) is 0 Å². The minimum absolute atomic E-state index is 0.286. The summed E-state index contributed by atoms with van der Waals surface area (Å²) in [4.78, 5) is 0. The Kier molecular flexibility index (Phi) is 3.63. The molecule has 0 radical (unpaired) electrons. The molecule has 0 spiro atoms. The van der Waals surface area contributed by atoms with Gasteiger partial charge >= 0.3 is 0 Å². The van der Waals surface area contributed by atoms with E-state index in [0.717, 1.165) is 16.7 Å². The Balaban J connectivity index is 2.54. The third-order valence-corrected chi connectivity index (χ3v) is 3.00. The highest BCUT2D eigenvalue weighted by Crippen LogP contribution is 2.29. The quantitative estimate of drug-likeness (QED) is 0.900. The maximum Gasteiger partial charge on any atom is 0.134 e. The number of benzene rings is 2. The van der Waals surface area contributed by atoms with Gasteiger partial charge in [-0.3, -0.25) is 0 Å². The molecular formula is C15H16FNO. The molecule has 0 aromatic heterocycles. The van der Waals surface area contributed by atoms with Crippen LogP contribution in [0.2, 0.25) is 0 Å². The summed E-state index contributed by atoms with van der Waals surface area (Å²) < 4.78 is 19.0. The number of methoxy groups -OCH3 is 1. The van der Waals surface area contributed by atoms with E-state index < -0.39 is 0 Å². The van der Waals surface area contributed by atoms with Crippen molar-refractivity contribution in [2.24, 2.45) is 5.73 Å². The molecule has 0 aliphatic rings. The summed E-state index contributed by atoms with van der Waals surface area (Å²) >= 11 is 0. The second-order valence-corrected chi connectivity index (χ2v) is 4.20. The van der Waals surface area contributed by atoms with Gasteiger partial charge in [-0.15, -0.1) is 0 Å². The van der Waals surface area contributed by atoms with Crippen molar-refractivity contribution in [1.29, 1.82) is 0 Å². The van der Waals surface area contributed by atoms with Gasteiger partial charge in [-0.1, -0.05) is 12.1 Å². The number of hydrogen-bond acceptors (Lipinski definition) is 2. The van der Waals surface area contributed by atoms with Crippen LogP contribution in [0.3, 0.4) is 0 Å². The third kappa shape index (κ3) is 2.36. The van der Waals surface area contributed by atoms with Crippen LogP contribution in [-0.4, -0.2) is 7.11 Å². The lowest BCUT2D eigenvalue weighted by Crippen LogP contribution is -1.98. The summed E-state index contributed by atoms with van der Waals surface area (Å²) in [7, 11) is 1.52. The molecule has 0 atom stereocenters. The van der Waals surface area contributed by atoms with E-state index >= 15 is 0 Å². The second-order valence-electron chi connectivity index (χ2n) is 4.20. The molecule has 0 aliphatic carbocycles. The van der Waals surface area contributed by atoms with Gasteiger partial charge in [-0.05, 0) is 41.8 Å². The fraction of sp³-hybridized carbons (Fsp3) is 0.200. The molecular weight excluding hydrogens is 229 g/mol. The highest BCUT2D eigenvalue weighted by atomic mass is 19.1. The van der Waals surface area contributed by atoms with Gasteiger partial charge in [0.25, 0.3) is 0 Å². The maximum absolute atomic E-state index is 14.0. The zero-order valence-corrected chi connectivity index (χ0v) is 10.5. The molecule has 2 aromatic rings. The van der Waals surface area contributed by atoms with Crippen molar-refractivity contribution in [1.82, 2.24) is 0 Å². The van der Waals surface area contributed by atoms with E-state index in [-0.39, 0.29) is 5.82 Å². The Morgan fingerprint density at radius 2 is 1.89 bits per heavy atom. The average Bonchev–Trinajstić information content (AvgIpc) is 2.39. The summed E-state index contributed by atoms with van der Waals surface area (Å²) in [5, 5.41) is 0. The first-order chi connectivity index (χ1) is 8.65. The van der Waals surface area contributed by atoms with E-state index in [1.165, 1.54) is 13.2 Å². The van der Waals surface area contributed by atoms with Crippen molar-refractivity contribution < 1.29 is 9.13 Å². The number of ether oxygens (including phenoxy) is 1. The minimum Gasteiger partial charge on any atom is -0.497 e. The zero-order chi connectivity index (χ0) is 13.1. The van der Waals surface area contributed by atoms with Crippen LogP contribution in [0.15, 0.2) is 36.4 Å². The van der Waals surface area contributed by atoms with E-state index in [0.29, 0.717) is 17.9 Å². The summed E-state index contributed by atoms with van der Waals surface area (Å²) in [5.74, 6) is 0.232.